The molecule has 0 spiro atoms. The van der Waals surface area contributed by atoms with Crippen LogP contribution in [0.1, 0.15) is 23.7 Å². The summed E-state index contributed by atoms with van der Waals surface area (Å²) in [4.78, 5) is 17.5. The minimum absolute atomic E-state index is 0.0278. The van der Waals surface area contributed by atoms with Crippen LogP contribution in [0.25, 0.3) is 4.96 Å². The number of carbonyl (C=O) groups excluding carboxylic acids is 1. The van der Waals surface area contributed by atoms with Gasteiger partial charge in [0.2, 0.25) is 5.91 Å². The molecule has 3 aromatic rings. The number of hydrogen-bond acceptors (Lipinski definition) is 4. The average molecular weight is 315 g/mol. The molecule has 2 heterocycles. The van der Waals surface area contributed by atoms with Gasteiger partial charge in [0.15, 0.2) is 4.96 Å². The molecule has 2 N–H and O–H groups in total. The maximum atomic E-state index is 12.2. The summed E-state index contributed by atoms with van der Waals surface area (Å²) in [6, 6.07) is 9.51. The topological polar surface area (TPSA) is 66.6 Å². The van der Waals surface area contributed by atoms with E-state index >= 15 is 0 Å². The molecular formula is C16H17N3O2S. The van der Waals surface area contributed by atoms with Crippen molar-refractivity contribution in [2.45, 2.75) is 18.9 Å². The van der Waals surface area contributed by atoms with E-state index in [-0.39, 0.29) is 25.0 Å². The van der Waals surface area contributed by atoms with E-state index in [1.807, 2.05) is 52.5 Å². The van der Waals surface area contributed by atoms with Crippen molar-refractivity contribution in [2.24, 2.45) is 0 Å². The fourth-order valence-electron chi connectivity index (χ4n) is 2.41. The normalized spacial score (nSPS) is 12.4. The number of hydrogen-bond donors (Lipinski definition) is 2. The van der Waals surface area contributed by atoms with E-state index in [2.05, 4.69) is 10.3 Å². The Morgan fingerprint density at radius 1 is 1.36 bits per heavy atom. The van der Waals surface area contributed by atoms with E-state index in [4.69, 9.17) is 0 Å². The monoisotopic (exact) mass is 315 g/mol. The van der Waals surface area contributed by atoms with Gasteiger partial charge in [-0.15, -0.1) is 11.3 Å². The zero-order chi connectivity index (χ0) is 15.4. The van der Waals surface area contributed by atoms with Crippen LogP contribution in [0.4, 0.5) is 0 Å². The second-order valence-corrected chi connectivity index (χ2v) is 5.92. The zero-order valence-electron chi connectivity index (χ0n) is 12.0. The average Bonchev–Trinajstić information content (AvgIpc) is 3.09. The van der Waals surface area contributed by atoms with E-state index in [1.165, 1.54) is 0 Å². The lowest BCUT2D eigenvalue weighted by Gasteiger charge is -2.18. The van der Waals surface area contributed by atoms with Crippen LogP contribution in [-0.2, 0) is 11.2 Å². The van der Waals surface area contributed by atoms with Gasteiger partial charge in [0, 0.05) is 24.4 Å². The van der Waals surface area contributed by atoms with Crippen LogP contribution in [0.2, 0.25) is 0 Å². The van der Waals surface area contributed by atoms with Gasteiger partial charge in [-0.2, -0.15) is 0 Å². The molecule has 0 saturated heterocycles. The van der Waals surface area contributed by atoms with Gasteiger partial charge < -0.3 is 10.4 Å². The first-order chi connectivity index (χ1) is 10.8. The van der Waals surface area contributed by atoms with Crippen molar-refractivity contribution in [1.29, 1.82) is 0 Å². The predicted molar refractivity (Wildman–Crippen MR) is 85.8 cm³/mol. The number of amides is 1. The number of rotatable bonds is 6. The van der Waals surface area contributed by atoms with E-state index in [0.717, 1.165) is 16.2 Å². The summed E-state index contributed by atoms with van der Waals surface area (Å²) in [7, 11) is 0. The Morgan fingerprint density at radius 2 is 2.18 bits per heavy atom. The smallest absolute Gasteiger partial charge is 0.226 e. The summed E-state index contributed by atoms with van der Waals surface area (Å²) in [5.74, 6) is -0.0898. The Labute approximate surface area is 132 Å². The molecule has 0 aliphatic carbocycles. The van der Waals surface area contributed by atoms with Gasteiger partial charge in [-0.3, -0.25) is 9.20 Å². The van der Waals surface area contributed by atoms with Gasteiger partial charge in [-0.25, -0.2) is 4.98 Å². The van der Waals surface area contributed by atoms with Crippen molar-refractivity contribution in [2.75, 3.05) is 6.61 Å². The minimum atomic E-state index is -0.178. The van der Waals surface area contributed by atoms with Gasteiger partial charge in [0.1, 0.15) is 0 Å². The SMILES string of the molecule is O=C(Cc1cn2ccsc2n1)NC(CCO)c1ccccc1. The number of imidazole rings is 1. The fourth-order valence-corrected chi connectivity index (χ4v) is 3.13. The molecule has 0 aliphatic heterocycles. The molecule has 5 nitrogen and oxygen atoms in total. The highest BCUT2D eigenvalue weighted by atomic mass is 32.1. The van der Waals surface area contributed by atoms with Crippen LogP contribution in [-0.4, -0.2) is 27.0 Å². The third kappa shape index (κ3) is 3.35. The number of nitrogens with one attached hydrogen (secondary N) is 1. The van der Waals surface area contributed by atoms with E-state index < -0.39 is 0 Å². The molecule has 1 atom stereocenters. The molecule has 1 amide bonds. The first-order valence-corrected chi connectivity index (χ1v) is 8.00. The van der Waals surface area contributed by atoms with Crippen molar-refractivity contribution >= 4 is 22.2 Å². The number of carbonyl (C=O) groups is 1. The number of aromatic nitrogens is 2. The molecule has 1 aromatic carbocycles. The Kier molecular flexibility index (Phi) is 4.50. The zero-order valence-corrected chi connectivity index (χ0v) is 12.8. The number of fused-ring (bicyclic) bond motifs is 1. The van der Waals surface area contributed by atoms with Gasteiger partial charge in [-0.05, 0) is 12.0 Å². The molecule has 0 fully saturated rings. The summed E-state index contributed by atoms with van der Waals surface area (Å²) in [6.07, 6.45) is 4.53. The molecule has 0 saturated carbocycles. The Balaban J connectivity index is 1.67. The Morgan fingerprint density at radius 3 is 2.91 bits per heavy atom. The van der Waals surface area contributed by atoms with Crippen LogP contribution < -0.4 is 5.32 Å². The minimum Gasteiger partial charge on any atom is -0.396 e. The first kappa shape index (κ1) is 14.7. The van der Waals surface area contributed by atoms with Crippen LogP contribution in [0.5, 0.6) is 0 Å². The van der Waals surface area contributed by atoms with Crippen molar-refractivity contribution in [3.8, 4) is 0 Å². The van der Waals surface area contributed by atoms with Crippen molar-refractivity contribution < 1.29 is 9.90 Å². The second kappa shape index (κ2) is 6.72. The lowest BCUT2D eigenvalue weighted by atomic mass is 10.0. The largest absolute Gasteiger partial charge is 0.396 e. The lowest BCUT2D eigenvalue weighted by molar-refractivity contribution is -0.121. The third-order valence-corrected chi connectivity index (χ3v) is 4.21. The predicted octanol–water partition coefficient (Wildman–Crippen LogP) is 2.18. The highest BCUT2D eigenvalue weighted by Crippen LogP contribution is 2.17. The van der Waals surface area contributed by atoms with Crippen LogP contribution >= 0.6 is 11.3 Å². The van der Waals surface area contributed by atoms with Crippen LogP contribution in [0.3, 0.4) is 0 Å². The first-order valence-electron chi connectivity index (χ1n) is 7.12. The van der Waals surface area contributed by atoms with Crippen molar-refractivity contribution in [3.05, 3.63) is 59.4 Å². The fraction of sp³-hybridized carbons (Fsp3) is 0.250. The maximum Gasteiger partial charge on any atom is 0.226 e. The Hall–Kier alpha value is -2.18. The van der Waals surface area contributed by atoms with Gasteiger partial charge >= 0.3 is 0 Å². The maximum absolute atomic E-state index is 12.2. The number of aliphatic hydroxyl groups excluding tert-OH is 1. The van der Waals surface area contributed by atoms with Gasteiger partial charge in [0.05, 0.1) is 18.2 Å². The van der Waals surface area contributed by atoms with Gasteiger partial charge in [0.25, 0.3) is 0 Å². The summed E-state index contributed by atoms with van der Waals surface area (Å²) in [6.45, 7) is 0.0278. The lowest BCUT2D eigenvalue weighted by Crippen LogP contribution is -2.30. The Bertz CT molecular complexity index is 722. The highest BCUT2D eigenvalue weighted by molar-refractivity contribution is 7.15. The molecule has 22 heavy (non-hydrogen) atoms. The molecule has 0 radical (unpaired) electrons. The molecule has 1 unspecified atom stereocenters. The van der Waals surface area contributed by atoms with Crippen LogP contribution in [0.15, 0.2) is 48.1 Å². The second-order valence-electron chi connectivity index (χ2n) is 5.04. The van der Waals surface area contributed by atoms with Crippen LogP contribution in [0, 0.1) is 0 Å². The van der Waals surface area contributed by atoms with E-state index in [0.29, 0.717) is 6.42 Å². The third-order valence-electron chi connectivity index (χ3n) is 3.44. The molecular weight excluding hydrogens is 298 g/mol. The molecule has 0 aliphatic rings. The molecule has 6 heteroatoms. The van der Waals surface area contributed by atoms with Crippen molar-refractivity contribution in [1.82, 2.24) is 14.7 Å². The number of nitrogens with zero attached hydrogens (tertiary/aromatic N) is 2. The summed E-state index contributed by atoms with van der Waals surface area (Å²) in [5.41, 5.74) is 1.75. The van der Waals surface area contributed by atoms with Crippen molar-refractivity contribution in [3.63, 3.8) is 0 Å². The number of aliphatic hydroxyl groups is 1. The standard InChI is InChI=1S/C16H17N3O2S/c20-8-6-14(12-4-2-1-3-5-12)18-15(21)10-13-11-19-7-9-22-16(19)17-13/h1-5,7,9,11,14,20H,6,8,10H2,(H,18,21). The van der Waals surface area contributed by atoms with Gasteiger partial charge in [-0.1, -0.05) is 30.3 Å². The molecule has 3 rings (SSSR count). The number of benzene rings is 1. The van der Waals surface area contributed by atoms with E-state index in [1.54, 1.807) is 11.3 Å². The summed E-state index contributed by atoms with van der Waals surface area (Å²) >= 11 is 1.54. The summed E-state index contributed by atoms with van der Waals surface area (Å²) < 4.78 is 1.91. The molecule has 2 aromatic heterocycles. The molecule has 0 bridgehead atoms. The molecule has 114 valence electrons. The van der Waals surface area contributed by atoms with E-state index in [9.17, 15) is 9.90 Å². The highest BCUT2D eigenvalue weighted by Gasteiger charge is 2.15. The number of thiazole rings is 1. The summed E-state index contributed by atoms with van der Waals surface area (Å²) in [5, 5.41) is 14.1. The quantitative estimate of drug-likeness (QED) is 0.733.